The van der Waals surface area contributed by atoms with Gasteiger partial charge in [-0.3, -0.25) is 4.98 Å². The molecule has 1 saturated heterocycles. The van der Waals surface area contributed by atoms with Crippen molar-refractivity contribution in [2.24, 2.45) is 0 Å². The van der Waals surface area contributed by atoms with Gasteiger partial charge in [0.05, 0.1) is 5.52 Å². The average molecular weight is 406 g/mol. The highest BCUT2D eigenvalue weighted by Gasteiger charge is 2.36. The number of aryl methyl sites for hydroxylation is 1. The molecule has 0 saturated carbocycles. The maximum Gasteiger partial charge on any atom is 0.317 e. The fraction of sp³-hybridized carbons (Fsp3) is 0.360. The fourth-order valence-electron chi connectivity index (χ4n) is 4.32. The number of likely N-dealkylation sites (tertiary alicyclic amines) is 1. The number of aromatic nitrogens is 1. The zero-order valence-electron chi connectivity index (χ0n) is 17.6. The number of amides is 2. The number of piperidine rings is 1. The van der Waals surface area contributed by atoms with Crippen LogP contribution in [0.1, 0.15) is 30.9 Å². The van der Waals surface area contributed by atoms with Gasteiger partial charge in [-0.25, -0.2) is 9.18 Å². The van der Waals surface area contributed by atoms with E-state index in [-0.39, 0.29) is 6.03 Å². The molecule has 2 aromatic carbocycles. The Kier molecular flexibility index (Phi) is 5.71. The van der Waals surface area contributed by atoms with E-state index in [9.17, 15) is 4.79 Å². The normalized spacial score (nSPS) is 15.9. The molecule has 0 spiro atoms. The van der Waals surface area contributed by atoms with Crippen LogP contribution in [0.15, 0.2) is 54.7 Å². The number of hydrogen-bond acceptors (Lipinski definition) is 2. The molecule has 3 aromatic rings. The molecule has 0 unspecified atom stereocenters. The second kappa shape index (κ2) is 8.42. The summed E-state index contributed by atoms with van der Waals surface area (Å²) in [6.07, 6.45) is 2.96. The van der Waals surface area contributed by atoms with Gasteiger partial charge in [0.1, 0.15) is 5.67 Å². The van der Waals surface area contributed by atoms with Crippen molar-refractivity contribution in [3.63, 3.8) is 0 Å². The Balaban J connectivity index is 1.46. The van der Waals surface area contributed by atoms with Crippen molar-refractivity contribution < 1.29 is 9.18 Å². The lowest BCUT2D eigenvalue weighted by Crippen LogP contribution is -2.49. The van der Waals surface area contributed by atoms with Gasteiger partial charge in [-0.1, -0.05) is 42.5 Å². The number of nitrogens with one attached hydrogen (secondary N) is 1. The van der Waals surface area contributed by atoms with Crippen LogP contribution in [0, 0.1) is 6.92 Å². The van der Waals surface area contributed by atoms with Crippen molar-refractivity contribution in [1.82, 2.24) is 15.2 Å². The van der Waals surface area contributed by atoms with Gasteiger partial charge in [-0.05, 0) is 55.0 Å². The number of alkyl halides is 1. The summed E-state index contributed by atoms with van der Waals surface area (Å²) in [5, 5.41) is 3.92. The molecular weight excluding hydrogens is 377 g/mol. The molecule has 1 aliphatic rings. The highest BCUT2D eigenvalue weighted by atomic mass is 19.1. The first-order valence-corrected chi connectivity index (χ1v) is 10.6. The summed E-state index contributed by atoms with van der Waals surface area (Å²) in [5.74, 6) is 0. The Bertz CT molecular complexity index is 1040. The first-order chi connectivity index (χ1) is 14.5. The lowest BCUT2D eigenvalue weighted by molar-refractivity contribution is 0.0715. The molecule has 0 aliphatic carbocycles. The molecule has 1 N–H and O–H groups in total. The number of rotatable bonds is 4. The van der Waals surface area contributed by atoms with Gasteiger partial charge < -0.3 is 10.2 Å². The van der Waals surface area contributed by atoms with E-state index < -0.39 is 5.67 Å². The van der Waals surface area contributed by atoms with E-state index >= 15 is 4.39 Å². The molecule has 0 atom stereocenters. The molecule has 0 radical (unpaired) electrons. The highest BCUT2D eigenvalue weighted by Crippen LogP contribution is 2.32. The predicted molar refractivity (Wildman–Crippen MR) is 119 cm³/mol. The maximum absolute atomic E-state index is 15.4. The monoisotopic (exact) mass is 405 g/mol. The van der Waals surface area contributed by atoms with Crippen molar-refractivity contribution >= 4 is 16.9 Å². The van der Waals surface area contributed by atoms with Gasteiger partial charge in [0.25, 0.3) is 0 Å². The second-order valence-corrected chi connectivity index (χ2v) is 8.16. The number of halogens is 1. The molecule has 1 aliphatic heterocycles. The largest absolute Gasteiger partial charge is 0.338 e. The van der Waals surface area contributed by atoms with Crippen molar-refractivity contribution in [3.8, 4) is 11.1 Å². The van der Waals surface area contributed by atoms with Crippen LogP contribution < -0.4 is 5.32 Å². The minimum Gasteiger partial charge on any atom is -0.338 e. The van der Waals surface area contributed by atoms with Crippen LogP contribution in [-0.4, -0.2) is 41.2 Å². The van der Waals surface area contributed by atoms with E-state index in [1.807, 2.05) is 31.3 Å². The molecule has 30 heavy (non-hydrogen) atoms. The summed E-state index contributed by atoms with van der Waals surface area (Å²) >= 11 is 0. The molecular formula is C25H28FN3O. The zero-order valence-corrected chi connectivity index (χ0v) is 17.6. The maximum atomic E-state index is 15.4. The SMILES string of the molecule is CCNC(=O)N1CCC(F)(Cc2ccc(-c3ccc4cccnc4c3C)cc2)CC1. The summed E-state index contributed by atoms with van der Waals surface area (Å²) in [6.45, 7) is 5.50. The van der Waals surface area contributed by atoms with Gasteiger partial charge in [0, 0.05) is 37.6 Å². The number of hydrogen-bond donors (Lipinski definition) is 1. The quantitative estimate of drug-likeness (QED) is 0.641. The van der Waals surface area contributed by atoms with Gasteiger partial charge >= 0.3 is 6.03 Å². The second-order valence-electron chi connectivity index (χ2n) is 8.16. The smallest absolute Gasteiger partial charge is 0.317 e. The fourth-order valence-corrected chi connectivity index (χ4v) is 4.32. The van der Waals surface area contributed by atoms with Crippen molar-refractivity contribution in [2.45, 2.75) is 38.8 Å². The third kappa shape index (κ3) is 4.16. The van der Waals surface area contributed by atoms with E-state index in [2.05, 4.69) is 47.6 Å². The van der Waals surface area contributed by atoms with E-state index in [4.69, 9.17) is 0 Å². The Morgan fingerprint density at radius 2 is 1.87 bits per heavy atom. The van der Waals surface area contributed by atoms with Crippen molar-refractivity contribution in [1.29, 1.82) is 0 Å². The lowest BCUT2D eigenvalue weighted by Gasteiger charge is -2.36. The Labute approximate surface area is 177 Å². The van der Waals surface area contributed by atoms with Gasteiger partial charge in [-0.15, -0.1) is 0 Å². The number of urea groups is 1. The van der Waals surface area contributed by atoms with Gasteiger partial charge in [0.15, 0.2) is 0 Å². The molecule has 1 aromatic heterocycles. The van der Waals surface area contributed by atoms with Crippen LogP contribution in [0.3, 0.4) is 0 Å². The number of carbonyl (C=O) groups is 1. The summed E-state index contributed by atoms with van der Waals surface area (Å²) in [4.78, 5) is 18.2. The number of benzene rings is 2. The summed E-state index contributed by atoms with van der Waals surface area (Å²) in [7, 11) is 0. The molecule has 2 amide bonds. The predicted octanol–water partition coefficient (Wildman–Crippen LogP) is 5.29. The number of fused-ring (bicyclic) bond motifs is 1. The molecule has 1 fully saturated rings. The van der Waals surface area contributed by atoms with Crippen LogP contribution in [-0.2, 0) is 6.42 Å². The van der Waals surface area contributed by atoms with Crippen LogP contribution in [0.25, 0.3) is 22.0 Å². The van der Waals surface area contributed by atoms with Crippen molar-refractivity contribution in [3.05, 3.63) is 65.9 Å². The standard InChI is InChI=1S/C25H28FN3O/c1-3-27-24(30)29-15-12-25(26,13-16-29)17-19-6-8-20(9-7-19)22-11-10-21-5-4-14-28-23(21)18(22)2/h4-11,14H,3,12-13,15-17H2,1-2H3,(H,27,30). The molecule has 5 heteroatoms. The summed E-state index contributed by atoms with van der Waals surface area (Å²) in [5.41, 5.74) is 4.17. The number of pyridine rings is 1. The van der Waals surface area contributed by atoms with E-state index in [0.29, 0.717) is 38.9 Å². The van der Waals surface area contributed by atoms with Crippen LogP contribution in [0.4, 0.5) is 9.18 Å². The van der Waals surface area contributed by atoms with Gasteiger partial charge in [-0.2, -0.15) is 0 Å². The highest BCUT2D eigenvalue weighted by molar-refractivity contribution is 5.88. The Hall–Kier alpha value is -2.95. The van der Waals surface area contributed by atoms with Gasteiger partial charge in [0.2, 0.25) is 0 Å². The topological polar surface area (TPSA) is 45.2 Å². The lowest BCUT2D eigenvalue weighted by atomic mass is 9.86. The number of nitrogens with zero attached hydrogens (tertiary/aromatic N) is 2. The number of carbonyl (C=O) groups excluding carboxylic acids is 1. The summed E-state index contributed by atoms with van der Waals surface area (Å²) < 4.78 is 15.4. The van der Waals surface area contributed by atoms with Crippen LogP contribution >= 0.6 is 0 Å². The van der Waals surface area contributed by atoms with E-state index in [1.165, 1.54) is 0 Å². The first kappa shape index (κ1) is 20.3. The van der Waals surface area contributed by atoms with Crippen LogP contribution in [0.5, 0.6) is 0 Å². The molecule has 0 bridgehead atoms. The molecule has 4 nitrogen and oxygen atoms in total. The van der Waals surface area contributed by atoms with E-state index in [1.54, 1.807) is 4.90 Å². The summed E-state index contributed by atoms with van der Waals surface area (Å²) in [6, 6.07) is 16.3. The third-order valence-electron chi connectivity index (χ3n) is 6.09. The van der Waals surface area contributed by atoms with Crippen LogP contribution in [0.2, 0.25) is 0 Å². The molecule has 156 valence electrons. The average Bonchev–Trinajstić information content (AvgIpc) is 2.75. The Morgan fingerprint density at radius 3 is 2.57 bits per heavy atom. The minimum atomic E-state index is -1.26. The molecule has 2 heterocycles. The third-order valence-corrected chi connectivity index (χ3v) is 6.09. The van der Waals surface area contributed by atoms with E-state index in [0.717, 1.165) is 33.2 Å². The zero-order chi connectivity index (χ0) is 21.1. The minimum absolute atomic E-state index is 0.0934. The molecule has 4 rings (SSSR count). The van der Waals surface area contributed by atoms with Crippen molar-refractivity contribution in [2.75, 3.05) is 19.6 Å². The Morgan fingerprint density at radius 1 is 1.13 bits per heavy atom. The first-order valence-electron chi connectivity index (χ1n) is 10.6.